The first-order chi connectivity index (χ1) is 17.6. The van der Waals surface area contributed by atoms with Crippen molar-refractivity contribution in [3.8, 4) is 0 Å². The molecule has 2 aliphatic heterocycles. The highest BCUT2D eigenvalue weighted by atomic mass is 31.1. The summed E-state index contributed by atoms with van der Waals surface area (Å²) in [4.78, 5) is 2.58. The molecule has 0 saturated heterocycles. The van der Waals surface area contributed by atoms with Gasteiger partial charge in [-0.2, -0.15) is 0 Å². The number of benzene rings is 5. The van der Waals surface area contributed by atoms with Gasteiger partial charge in [0.25, 0.3) is 0 Å². The highest BCUT2D eigenvalue weighted by Crippen LogP contribution is 2.55. The SMILES string of the molecule is Cc1ccc2c(c1)P(c1ccccc1)c1cc(C)cc3c1N2c1ccc(C)cc1P3c1ccccc1. The molecule has 0 radical (unpaired) electrons. The summed E-state index contributed by atoms with van der Waals surface area (Å²) < 4.78 is 0. The second kappa shape index (κ2) is 8.41. The van der Waals surface area contributed by atoms with E-state index in [-0.39, 0.29) is 0 Å². The molecule has 0 amide bonds. The molecular formula is C33H27NP2. The van der Waals surface area contributed by atoms with Gasteiger partial charge in [0.05, 0.1) is 17.1 Å². The summed E-state index contributed by atoms with van der Waals surface area (Å²) in [6, 6.07) is 41.4. The Kier molecular flexibility index (Phi) is 5.14. The van der Waals surface area contributed by atoms with E-state index >= 15 is 0 Å². The Labute approximate surface area is 216 Å². The molecular weight excluding hydrogens is 472 g/mol. The summed E-state index contributed by atoms with van der Waals surface area (Å²) in [5, 5.41) is 8.73. The van der Waals surface area contributed by atoms with Crippen molar-refractivity contribution in [2.24, 2.45) is 0 Å². The lowest BCUT2D eigenvalue weighted by Gasteiger charge is -2.45. The number of hydrogen-bond donors (Lipinski definition) is 0. The van der Waals surface area contributed by atoms with E-state index in [2.05, 4.69) is 135 Å². The fourth-order valence-electron chi connectivity index (χ4n) is 5.65. The lowest BCUT2D eigenvalue weighted by Crippen LogP contribution is -2.43. The number of nitrogens with zero attached hydrogens (tertiary/aromatic N) is 1. The first kappa shape index (κ1) is 22.0. The Morgan fingerprint density at radius 3 is 1.31 bits per heavy atom. The second-order valence-corrected chi connectivity index (χ2v) is 14.1. The minimum absolute atomic E-state index is 0.660. The molecule has 2 aliphatic rings. The maximum atomic E-state index is 2.58. The van der Waals surface area contributed by atoms with E-state index in [1.165, 1.54) is 65.6 Å². The molecule has 0 fully saturated rings. The molecule has 7 rings (SSSR count). The van der Waals surface area contributed by atoms with Crippen LogP contribution >= 0.6 is 15.8 Å². The van der Waals surface area contributed by atoms with Crippen LogP contribution in [0.3, 0.4) is 0 Å². The normalized spacial score (nSPS) is 17.2. The molecule has 0 spiro atoms. The molecule has 2 atom stereocenters. The van der Waals surface area contributed by atoms with E-state index in [9.17, 15) is 0 Å². The standard InChI is InChI=1S/C33H27NP2/c1-22-14-16-27-29(18-22)35(25-10-6-4-7-11-25)31-20-24(3)21-32-33(31)34(27)28-17-15-23(2)19-30(28)36(32)26-12-8-5-9-13-26/h4-21H,1-3H3. The van der Waals surface area contributed by atoms with Gasteiger partial charge in [0, 0.05) is 21.2 Å². The van der Waals surface area contributed by atoms with E-state index in [0.29, 0.717) is 0 Å². The van der Waals surface area contributed by atoms with Crippen molar-refractivity contribution >= 4 is 64.7 Å². The van der Waals surface area contributed by atoms with Crippen LogP contribution < -0.4 is 36.7 Å². The second-order valence-electron chi connectivity index (χ2n) is 9.81. The topological polar surface area (TPSA) is 3.24 Å². The van der Waals surface area contributed by atoms with Gasteiger partial charge < -0.3 is 4.90 Å². The van der Waals surface area contributed by atoms with Crippen LogP contribution in [0.4, 0.5) is 17.1 Å². The van der Waals surface area contributed by atoms with Gasteiger partial charge >= 0.3 is 0 Å². The Balaban J connectivity index is 1.61. The third kappa shape index (κ3) is 3.31. The average molecular weight is 500 g/mol. The van der Waals surface area contributed by atoms with Gasteiger partial charge in [-0.05, 0) is 89.2 Å². The van der Waals surface area contributed by atoms with E-state index in [0.717, 1.165) is 0 Å². The van der Waals surface area contributed by atoms with Gasteiger partial charge in [0.2, 0.25) is 0 Å². The van der Waals surface area contributed by atoms with Gasteiger partial charge in [-0.1, -0.05) is 83.9 Å². The Bertz CT molecular complexity index is 1510. The van der Waals surface area contributed by atoms with Gasteiger partial charge in [-0.25, -0.2) is 0 Å². The monoisotopic (exact) mass is 499 g/mol. The van der Waals surface area contributed by atoms with Crippen LogP contribution in [-0.4, -0.2) is 0 Å². The summed E-state index contributed by atoms with van der Waals surface area (Å²) in [5.41, 5.74) is 8.07. The van der Waals surface area contributed by atoms with Crippen molar-refractivity contribution < 1.29 is 0 Å². The van der Waals surface area contributed by atoms with Gasteiger partial charge in [0.15, 0.2) is 0 Å². The quantitative estimate of drug-likeness (QED) is 0.255. The zero-order valence-corrected chi connectivity index (χ0v) is 22.5. The summed E-state index contributed by atoms with van der Waals surface area (Å²) in [6.07, 6.45) is 0. The van der Waals surface area contributed by atoms with Crippen LogP contribution in [0.25, 0.3) is 0 Å². The summed E-state index contributed by atoms with van der Waals surface area (Å²) in [6.45, 7) is 6.71. The van der Waals surface area contributed by atoms with E-state index in [1.54, 1.807) is 0 Å². The maximum Gasteiger partial charge on any atom is 0.0629 e. The smallest absolute Gasteiger partial charge is 0.0629 e. The molecule has 5 aromatic rings. The first-order valence-corrected chi connectivity index (χ1v) is 15.1. The molecule has 0 bridgehead atoms. The fourth-order valence-corrected chi connectivity index (χ4v) is 11.3. The molecule has 1 nitrogen and oxygen atoms in total. The highest BCUT2D eigenvalue weighted by molar-refractivity contribution is 7.82. The number of rotatable bonds is 2. The predicted molar refractivity (Wildman–Crippen MR) is 160 cm³/mol. The lowest BCUT2D eigenvalue weighted by molar-refractivity contribution is 1.29. The summed E-state index contributed by atoms with van der Waals surface area (Å²) in [7, 11) is -1.32. The minimum atomic E-state index is -0.660. The van der Waals surface area contributed by atoms with Crippen molar-refractivity contribution in [2.45, 2.75) is 20.8 Å². The van der Waals surface area contributed by atoms with Crippen LogP contribution in [-0.2, 0) is 0 Å². The van der Waals surface area contributed by atoms with Crippen molar-refractivity contribution in [3.63, 3.8) is 0 Å². The number of hydrogen-bond acceptors (Lipinski definition) is 1. The van der Waals surface area contributed by atoms with Gasteiger partial charge in [-0.3, -0.25) is 0 Å². The van der Waals surface area contributed by atoms with E-state index in [1.807, 2.05) is 0 Å². The Morgan fingerprint density at radius 2 is 0.861 bits per heavy atom. The largest absolute Gasteiger partial charge is 0.308 e. The molecule has 3 heteroatoms. The predicted octanol–water partition coefficient (Wildman–Crippen LogP) is 6.22. The molecule has 2 unspecified atom stereocenters. The lowest BCUT2D eigenvalue weighted by atomic mass is 10.1. The molecule has 0 saturated carbocycles. The fraction of sp³-hybridized carbons (Fsp3) is 0.0909. The van der Waals surface area contributed by atoms with Gasteiger partial charge in [-0.15, -0.1) is 0 Å². The number of fused-ring (bicyclic) bond motifs is 4. The van der Waals surface area contributed by atoms with Crippen LogP contribution in [0.5, 0.6) is 0 Å². The zero-order chi connectivity index (χ0) is 24.4. The Morgan fingerprint density at radius 1 is 0.444 bits per heavy atom. The highest BCUT2D eigenvalue weighted by Gasteiger charge is 2.40. The van der Waals surface area contributed by atoms with Crippen LogP contribution in [0, 0.1) is 20.8 Å². The average Bonchev–Trinajstić information content (AvgIpc) is 2.89. The third-order valence-corrected chi connectivity index (χ3v) is 12.1. The molecule has 5 aromatic carbocycles. The minimum Gasteiger partial charge on any atom is -0.308 e. The molecule has 174 valence electrons. The van der Waals surface area contributed by atoms with Crippen molar-refractivity contribution in [2.75, 3.05) is 4.90 Å². The Hall–Kier alpha value is -3.24. The molecule has 2 heterocycles. The number of anilines is 3. The third-order valence-electron chi connectivity index (χ3n) is 7.17. The van der Waals surface area contributed by atoms with Crippen LogP contribution in [0.1, 0.15) is 16.7 Å². The maximum absolute atomic E-state index is 2.58. The summed E-state index contributed by atoms with van der Waals surface area (Å²) >= 11 is 0. The van der Waals surface area contributed by atoms with E-state index in [4.69, 9.17) is 0 Å². The van der Waals surface area contributed by atoms with Gasteiger partial charge in [0.1, 0.15) is 0 Å². The zero-order valence-electron chi connectivity index (χ0n) is 20.7. The van der Waals surface area contributed by atoms with Crippen molar-refractivity contribution in [3.05, 3.63) is 126 Å². The van der Waals surface area contributed by atoms with Crippen LogP contribution in [0.2, 0.25) is 0 Å². The summed E-state index contributed by atoms with van der Waals surface area (Å²) in [5.74, 6) is 0. The molecule has 0 aromatic heterocycles. The van der Waals surface area contributed by atoms with Crippen molar-refractivity contribution in [1.29, 1.82) is 0 Å². The first-order valence-electron chi connectivity index (χ1n) is 12.5. The molecule has 0 aliphatic carbocycles. The number of aryl methyl sites for hydroxylation is 3. The van der Waals surface area contributed by atoms with Crippen molar-refractivity contribution in [1.82, 2.24) is 0 Å². The van der Waals surface area contributed by atoms with Crippen LogP contribution in [0.15, 0.2) is 109 Å². The molecule has 0 N–H and O–H groups in total. The molecule has 36 heavy (non-hydrogen) atoms. The van der Waals surface area contributed by atoms with E-state index < -0.39 is 15.8 Å².